The molecule has 0 unspecified atom stereocenters. The molecule has 6 nitrogen and oxygen atoms in total. The Balaban J connectivity index is 1.61. The predicted octanol–water partition coefficient (Wildman–Crippen LogP) is 3.65. The quantitative estimate of drug-likeness (QED) is 0.682. The number of para-hydroxylation sites is 1. The Hall–Kier alpha value is -2.64. The number of pyridine rings is 1. The summed E-state index contributed by atoms with van der Waals surface area (Å²) >= 11 is 6.07. The van der Waals surface area contributed by atoms with Crippen LogP contribution in [-0.2, 0) is 27.7 Å². The second kappa shape index (κ2) is 7.00. The molecule has 2 aromatic carbocycles. The summed E-state index contributed by atoms with van der Waals surface area (Å²) in [6, 6.07) is 11.9. The Kier molecular flexibility index (Phi) is 4.75. The van der Waals surface area contributed by atoms with E-state index in [9.17, 15) is 13.2 Å². The molecule has 0 radical (unpaired) electrons. The van der Waals surface area contributed by atoms with Gasteiger partial charge in [-0.05, 0) is 37.6 Å². The van der Waals surface area contributed by atoms with Gasteiger partial charge in [0.15, 0.2) is 0 Å². The Labute approximate surface area is 173 Å². The molecule has 2 heterocycles. The first kappa shape index (κ1) is 19.7. The number of fused-ring (bicyclic) bond motifs is 2. The number of hydrogen-bond acceptors (Lipinski definition) is 5. The first-order valence-electron chi connectivity index (χ1n) is 9.04. The normalized spacial score (nSPS) is 15.0. The molecule has 1 aliphatic heterocycles. The summed E-state index contributed by atoms with van der Waals surface area (Å²) in [5, 5.41) is 0.819. The predicted molar refractivity (Wildman–Crippen MR) is 111 cm³/mol. The van der Waals surface area contributed by atoms with Crippen LogP contribution in [0.1, 0.15) is 25.0 Å². The van der Waals surface area contributed by atoms with Crippen LogP contribution in [0, 0.1) is 0 Å². The number of nitrogens with one attached hydrogen (secondary N) is 1. The molecular formula is C21H19ClN2O4S. The van der Waals surface area contributed by atoms with Gasteiger partial charge in [-0.2, -0.15) is 0 Å². The van der Waals surface area contributed by atoms with Gasteiger partial charge in [0, 0.05) is 28.6 Å². The first-order valence-corrected chi connectivity index (χ1v) is 10.9. The zero-order chi connectivity index (χ0) is 20.8. The number of aromatic nitrogens is 1. The van der Waals surface area contributed by atoms with E-state index >= 15 is 0 Å². The Morgan fingerprint density at radius 1 is 1.24 bits per heavy atom. The molecule has 0 bridgehead atoms. The maximum Gasteiger partial charge on any atom is 0.266 e. The molecule has 4 rings (SSSR count). The van der Waals surface area contributed by atoms with E-state index in [0.29, 0.717) is 16.7 Å². The van der Waals surface area contributed by atoms with E-state index in [2.05, 4.69) is 9.71 Å². The number of nitrogens with zero attached hydrogens (tertiary/aromatic N) is 1. The molecule has 3 aromatic rings. The Bertz CT molecular complexity index is 1240. The molecule has 0 aliphatic carbocycles. The summed E-state index contributed by atoms with van der Waals surface area (Å²) in [5.74, 6) is -0.00400. The molecule has 29 heavy (non-hydrogen) atoms. The van der Waals surface area contributed by atoms with Gasteiger partial charge in [0.05, 0.1) is 11.9 Å². The fourth-order valence-corrected chi connectivity index (χ4v) is 5.04. The van der Waals surface area contributed by atoms with Crippen LogP contribution in [0.4, 0.5) is 0 Å². The number of benzene rings is 2. The number of carbonyl (C=O) groups is 1. The minimum atomic E-state index is -4.15. The van der Waals surface area contributed by atoms with Gasteiger partial charge in [-0.3, -0.25) is 9.78 Å². The van der Waals surface area contributed by atoms with Crippen LogP contribution in [0.3, 0.4) is 0 Å². The number of sulfonamides is 1. The summed E-state index contributed by atoms with van der Waals surface area (Å²) in [5.41, 5.74) is 1.55. The molecule has 0 saturated carbocycles. The number of rotatable bonds is 4. The highest BCUT2D eigenvalue weighted by atomic mass is 35.5. The lowest BCUT2D eigenvalue weighted by molar-refractivity contribution is -0.118. The third-order valence-electron chi connectivity index (χ3n) is 4.70. The van der Waals surface area contributed by atoms with Gasteiger partial charge in [-0.1, -0.05) is 35.9 Å². The SMILES string of the molecule is CC1(C)Cc2cccc(CC(=O)NS(=O)(=O)c3cc(Cl)cc4cccnc34)c2O1. The molecule has 1 amide bonds. The standard InChI is InChI=1S/C21H19ClN2O4S/c1-21(2)12-15-6-3-5-14(20(15)28-21)10-18(25)24-29(26,27)17-11-16(22)9-13-7-4-8-23-19(13)17/h3-9,11H,10,12H2,1-2H3,(H,24,25). The zero-order valence-electron chi connectivity index (χ0n) is 15.9. The van der Waals surface area contributed by atoms with Gasteiger partial charge in [-0.15, -0.1) is 0 Å². The number of ether oxygens (including phenoxy) is 1. The first-order chi connectivity index (χ1) is 13.6. The van der Waals surface area contributed by atoms with E-state index < -0.39 is 15.9 Å². The summed E-state index contributed by atoms with van der Waals surface area (Å²) in [4.78, 5) is 16.6. The molecule has 0 fully saturated rings. The van der Waals surface area contributed by atoms with E-state index in [1.807, 2.05) is 26.0 Å². The molecule has 0 spiro atoms. The third-order valence-corrected chi connectivity index (χ3v) is 6.30. The Morgan fingerprint density at radius 2 is 2.03 bits per heavy atom. The maximum absolute atomic E-state index is 12.9. The minimum absolute atomic E-state index is 0.121. The minimum Gasteiger partial charge on any atom is -0.487 e. The van der Waals surface area contributed by atoms with Crippen molar-refractivity contribution in [3.05, 3.63) is 64.8 Å². The average molecular weight is 431 g/mol. The van der Waals surface area contributed by atoms with Crippen LogP contribution in [0.15, 0.2) is 53.6 Å². The molecular weight excluding hydrogens is 412 g/mol. The molecule has 0 saturated heterocycles. The second-order valence-corrected chi connectivity index (χ2v) is 9.72. The molecule has 0 atom stereocenters. The number of halogens is 1. The van der Waals surface area contributed by atoms with Crippen molar-refractivity contribution < 1.29 is 17.9 Å². The third kappa shape index (κ3) is 3.93. The van der Waals surface area contributed by atoms with E-state index in [4.69, 9.17) is 16.3 Å². The topological polar surface area (TPSA) is 85.4 Å². The summed E-state index contributed by atoms with van der Waals surface area (Å²) < 4.78 is 33.8. The number of carbonyl (C=O) groups excluding carboxylic acids is 1. The molecule has 1 N–H and O–H groups in total. The summed E-state index contributed by atoms with van der Waals surface area (Å²) in [6.45, 7) is 3.94. The smallest absolute Gasteiger partial charge is 0.266 e. The van der Waals surface area contributed by atoms with E-state index in [1.165, 1.54) is 12.3 Å². The Morgan fingerprint density at radius 3 is 2.83 bits per heavy atom. The maximum atomic E-state index is 12.9. The van der Waals surface area contributed by atoms with Crippen LogP contribution in [0.5, 0.6) is 5.75 Å². The second-order valence-electron chi connectivity index (χ2n) is 7.63. The molecule has 150 valence electrons. The van der Waals surface area contributed by atoms with Gasteiger partial charge >= 0.3 is 0 Å². The van der Waals surface area contributed by atoms with Gasteiger partial charge in [0.25, 0.3) is 10.0 Å². The van der Waals surface area contributed by atoms with Gasteiger partial charge < -0.3 is 4.74 Å². The van der Waals surface area contributed by atoms with Crippen molar-refractivity contribution in [2.24, 2.45) is 0 Å². The highest BCUT2D eigenvalue weighted by Crippen LogP contribution is 2.37. The van der Waals surface area contributed by atoms with Crippen molar-refractivity contribution in [3.8, 4) is 5.75 Å². The van der Waals surface area contributed by atoms with Crippen molar-refractivity contribution >= 4 is 38.4 Å². The lowest BCUT2D eigenvalue weighted by atomic mass is 10.00. The monoisotopic (exact) mass is 430 g/mol. The molecule has 8 heteroatoms. The molecule has 1 aliphatic rings. The van der Waals surface area contributed by atoms with Crippen LogP contribution >= 0.6 is 11.6 Å². The van der Waals surface area contributed by atoms with Gasteiger partial charge in [0.1, 0.15) is 16.2 Å². The lowest BCUT2D eigenvalue weighted by Crippen LogP contribution is -2.32. The van der Waals surface area contributed by atoms with E-state index in [1.54, 1.807) is 24.3 Å². The average Bonchev–Trinajstić information content (AvgIpc) is 2.95. The van der Waals surface area contributed by atoms with Crippen molar-refractivity contribution in [1.29, 1.82) is 0 Å². The largest absolute Gasteiger partial charge is 0.487 e. The highest BCUT2D eigenvalue weighted by molar-refractivity contribution is 7.90. The summed E-state index contributed by atoms with van der Waals surface area (Å²) in [6.07, 6.45) is 2.10. The fraction of sp³-hybridized carbons (Fsp3) is 0.238. The van der Waals surface area contributed by atoms with E-state index in [-0.39, 0.29) is 27.5 Å². The summed E-state index contributed by atoms with van der Waals surface area (Å²) in [7, 11) is -4.15. The van der Waals surface area contributed by atoms with Crippen molar-refractivity contribution in [1.82, 2.24) is 9.71 Å². The number of hydrogen-bond donors (Lipinski definition) is 1. The number of amides is 1. The van der Waals surface area contributed by atoms with Crippen LogP contribution in [0.2, 0.25) is 5.02 Å². The van der Waals surface area contributed by atoms with Crippen LogP contribution < -0.4 is 9.46 Å². The van der Waals surface area contributed by atoms with Gasteiger partial charge in [0.2, 0.25) is 5.91 Å². The van der Waals surface area contributed by atoms with Crippen molar-refractivity contribution in [2.45, 2.75) is 37.2 Å². The van der Waals surface area contributed by atoms with Crippen LogP contribution in [-0.4, -0.2) is 24.9 Å². The van der Waals surface area contributed by atoms with Crippen LogP contribution in [0.25, 0.3) is 10.9 Å². The highest BCUT2D eigenvalue weighted by Gasteiger charge is 2.32. The fourth-order valence-electron chi connectivity index (χ4n) is 3.56. The zero-order valence-corrected chi connectivity index (χ0v) is 17.5. The van der Waals surface area contributed by atoms with Crippen molar-refractivity contribution in [3.63, 3.8) is 0 Å². The van der Waals surface area contributed by atoms with Gasteiger partial charge in [-0.25, -0.2) is 13.1 Å². The van der Waals surface area contributed by atoms with E-state index in [0.717, 1.165) is 12.0 Å². The lowest BCUT2D eigenvalue weighted by Gasteiger charge is -2.18. The molecule has 1 aromatic heterocycles. The van der Waals surface area contributed by atoms with Crippen molar-refractivity contribution in [2.75, 3.05) is 0 Å².